The minimum Gasteiger partial charge on any atom is -0.496 e. The van der Waals surface area contributed by atoms with Crippen molar-refractivity contribution in [2.45, 2.75) is 19.9 Å². The van der Waals surface area contributed by atoms with Gasteiger partial charge in [0.05, 0.1) is 19.0 Å². The zero-order chi connectivity index (χ0) is 19.8. The van der Waals surface area contributed by atoms with Gasteiger partial charge in [-0.25, -0.2) is 9.18 Å². The second-order valence-corrected chi connectivity index (χ2v) is 6.87. The third-order valence-corrected chi connectivity index (χ3v) is 5.33. The number of aromatic nitrogens is 2. The molecular weight excluding hydrogens is 361 g/mol. The number of methoxy groups -OCH3 is 1. The molecule has 7 heteroatoms. The van der Waals surface area contributed by atoms with E-state index in [1.807, 2.05) is 12.1 Å². The van der Waals surface area contributed by atoms with Crippen molar-refractivity contribution in [1.82, 2.24) is 14.5 Å². The summed E-state index contributed by atoms with van der Waals surface area (Å²) < 4.78 is 20.8. The highest BCUT2D eigenvalue weighted by molar-refractivity contribution is 5.76. The zero-order valence-corrected chi connectivity index (χ0v) is 15.8. The molecule has 2 N–H and O–H groups in total. The summed E-state index contributed by atoms with van der Waals surface area (Å²) in [4.78, 5) is 16.9. The van der Waals surface area contributed by atoms with Gasteiger partial charge in [0.2, 0.25) is 5.88 Å². The number of nitrogens with one attached hydrogen (secondary N) is 1. The number of hydrogen-bond acceptors (Lipinski definition) is 4. The lowest BCUT2D eigenvalue weighted by atomic mass is 9.89. The van der Waals surface area contributed by atoms with Crippen LogP contribution in [0, 0.1) is 5.82 Å². The van der Waals surface area contributed by atoms with Gasteiger partial charge in [0.1, 0.15) is 11.6 Å². The molecule has 0 radical (unpaired) electrons. The van der Waals surface area contributed by atoms with Crippen LogP contribution in [0.4, 0.5) is 4.39 Å². The van der Waals surface area contributed by atoms with E-state index < -0.39 is 5.69 Å². The SMILES string of the molecule is CCN1CCc2c(-c3cc(F)ccc3OC)ccc(-n3cc(O)[nH]c3=O)c2C1. The summed E-state index contributed by atoms with van der Waals surface area (Å²) in [7, 11) is 1.57. The predicted octanol–water partition coefficient (Wildman–Crippen LogP) is 3.06. The molecule has 28 heavy (non-hydrogen) atoms. The second-order valence-electron chi connectivity index (χ2n) is 6.87. The first-order chi connectivity index (χ1) is 13.5. The van der Waals surface area contributed by atoms with Crippen molar-refractivity contribution in [1.29, 1.82) is 0 Å². The van der Waals surface area contributed by atoms with E-state index in [0.717, 1.165) is 36.2 Å². The maximum atomic E-state index is 14.0. The molecule has 0 unspecified atom stereocenters. The molecule has 0 atom stereocenters. The van der Waals surface area contributed by atoms with E-state index in [9.17, 15) is 14.3 Å². The van der Waals surface area contributed by atoms with Crippen LogP contribution in [0.5, 0.6) is 11.6 Å². The van der Waals surface area contributed by atoms with Crippen molar-refractivity contribution >= 4 is 0 Å². The topological polar surface area (TPSA) is 70.5 Å². The van der Waals surface area contributed by atoms with E-state index in [-0.39, 0.29) is 11.7 Å². The summed E-state index contributed by atoms with van der Waals surface area (Å²) in [6.45, 7) is 4.54. The highest BCUT2D eigenvalue weighted by Gasteiger charge is 2.24. The summed E-state index contributed by atoms with van der Waals surface area (Å²) in [5, 5.41) is 9.68. The number of hydrogen-bond donors (Lipinski definition) is 2. The summed E-state index contributed by atoms with van der Waals surface area (Å²) >= 11 is 0. The molecule has 0 saturated heterocycles. The maximum absolute atomic E-state index is 14.0. The Balaban J connectivity index is 1.96. The Kier molecular flexibility index (Phi) is 4.68. The number of benzene rings is 2. The zero-order valence-electron chi connectivity index (χ0n) is 15.8. The molecule has 2 aromatic carbocycles. The number of halogens is 1. The number of aromatic amines is 1. The highest BCUT2D eigenvalue weighted by Crippen LogP contribution is 2.38. The van der Waals surface area contributed by atoms with Crippen LogP contribution < -0.4 is 10.4 Å². The van der Waals surface area contributed by atoms with Gasteiger partial charge < -0.3 is 9.84 Å². The predicted molar refractivity (Wildman–Crippen MR) is 105 cm³/mol. The third-order valence-electron chi connectivity index (χ3n) is 5.33. The van der Waals surface area contributed by atoms with Crippen molar-refractivity contribution in [3.05, 3.63) is 64.0 Å². The van der Waals surface area contributed by atoms with Crippen LogP contribution in [-0.2, 0) is 13.0 Å². The fourth-order valence-electron chi connectivity index (χ4n) is 3.92. The maximum Gasteiger partial charge on any atom is 0.333 e. The lowest BCUT2D eigenvalue weighted by molar-refractivity contribution is 0.268. The summed E-state index contributed by atoms with van der Waals surface area (Å²) in [5.41, 5.74) is 3.98. The van der Waals surface area contributed by atoms with Gasteiger partial charge in [0.15, 0.2) is 0 Å². The quantitative estimate of drug-likeness (QED) is 0.727. The van der Waals surface area contributed by atoms with Crippen LogP contribution in [0.15, 0.2) is 41.3 Å². The molecule has 0 bridgehead atoms. The van der Waals surface area contributed by atoms with Gasteiger partial charge in [0.25, 0.3) is 0 Å². The Morgan fingerprint density at radius 3 is 2.71 bits per heavy atom. The molecule has 0 aliphatic carbocycles. The van der Waals surface area contributed by atoms with Crippen molar-refractivity contribution < 1.29 is 14.2 Å². The van der Waals surface area contributed by atoms with Gasteiger partial charge in [-0.1, -0.05) is 13.0 Å². The van der Waals surface area contributed by atoms with Crippen molar-refractivity contribution in [2.75, 3.05) is 20.2 Å². The van der Waals surface area contributed by atoms with Crippen LogP contribution >= 0.6 is 0 Å². The highest BCUT2D eigenvalue weighted by atomic mass is 19.1. The molecule has 0 spiro atoms. The molecule has 2 heterocycles. The Bertz CT molecular complexity index is 1090. The Morgan fingerprint density at radius 1 is 1.21 bits per heavy atom. The number of aromatic hydroxyl groups is 1. The number of ether oxygens (including phenoxy) is 1. The Morgan fingerprint density at radius 2 is 2.04 bits per heavy atom. The number of rotatable bonds is 4. The summed E-state index contributed by atoms with van der Waals surface area (Å²) in [6.07, 6.45) is 2.16. The van der Waals surface area contributed by atoms with Crippen molar-refractivity contribution in [2.24, 2.45) is 0 Å². The van der Waals surface area contributed by atoms with E-state index in [2.05, 4.69) is 16.8 Å². The first kappa shape index (κ1) is 18.3. The number of likely N-dealkylation sites (N-methyl/N-ethyl adjacent to an activating group) is 1. The fourth-order valence-corrected chi connectivity index (χ4v) is 3.92. The van der Waals surface area contributed by atoms with Gasteiger partial charge in [0, 0.05) is 18.7 Å². The first-order valence-electron chi connectivity index (χ1n) is 9.23. The van der Waals surface area contributed by atoms with E-state index in [4.69, 9.17) is 4.74 Å². The molecule has 146 valence electrons. The molecule has 0 amide bonds. The minimum absolute atomic E-state index is 0.183. The van der Waals surface area contributed by atoms with Crippen molar-refractivity contribution in [3.63, 3.8) is 0 Å². The summed E-state index contributed by atoms with van der Waals surface area (Å²) in [6, 6.07) is 8.22. The molecule has 3 aromatic rings. The molecule has 0 saturated carbocycles. The van der Waals surface area contributed by atoms with Gasteiger partial charge in [-0.15, -0.1) is 0 Å². The number of H-pyrrole nitrogens is 1. The molecule has 1 aromatic heterocycles. The molecule has 1 aliphatic heterocycles. The molecule has 6 nitrogen and oxygen atoms in total. The van der Waals surface area contributed by atoms with Gasteiger partial charge in [-0.05, 0) is 53.9 Å². The fraction of sp³-hybridized carbons (Fsp3) is 0.286. The minimum atomic E-state index is -0.399. The standard InChI is InChI=1S/C21H22FN3O3/c1-3-24-9-8-15-14(16-10-13(22)4-7-19(16)28-2)5-6-18(17(15)11-24)25-12-20(26)23-21(25)27/h4-7,10,12,26H,3,8-9,11H2,1-2H3,(H,23,27). The monoisotopic (exact) mass is 383 g/mol. The van der Waals surface area contributed by atoms with Gasteiger partial charge in [-0.3, -0.25) is 14.5 Å². The van der Waals surface area contributed by atoms with Crippen LogP contribution in [0.3, 0.4) is 0 Å². The molecule has 4 rings (SSSR count). The summed E-state index contributed by atoms with van der Waals surface area (Å²) in [5.74, 6) is 0.0925. The largest absolute Gasteiger partial charge is 0.496 e. The van der Waals surface area contributed by atoms with E-state index in [1.165, 1.54) is 22.9 Å². The van der Waals surface area contributed by atoms with E-state index in [1.54, 1.807) is 13.2 Å². The number of fused-ring (bicyclic) bond motifs is 1. The lowest BCUT2D eigenvalue weighted by Crippen LogP contribution is -2.32. The van der Waals surface area contributed by atoms with Crippen molar-refractivity contribution in [3.8, 4) is 28.4 Å². The van der Waals surface area contributed by atoms with Crippen LogP contribution in [0.25, 0.3) is 16.8 Å². The Hall–Kier alpha value is -3.06. The first-order valence-corrected chi connectivity index (χ1v) is 9.23. The van der Waals surface area contributed by atoms with E-state index in [0.29, 0.717) is 23.5 Å². The van der Waals surface area contributed by atoms with Gasteiger partial charge in [-0.2, -0.15) is 0 Å². The number of imidazole rings is 1. The molecule has 0 fully saturated rings. The van der Waals surface area contributed by atoms with E-state index >= 15 is 0 Å². The normalized spacial score (nSPS) is 14.1. The molecular formula is C21H22FN3O3. The average molecular weight is 383 g/mol. The van der Waals surface area contributed by atoms with Crippen LogP contribution in [-0.4, -0.2) is 39.8 Å². The Labute approximate surface area is 161 Å². The van der Waals surface area contributed by atoms with Crippen LogP contribution in [0.1, 0.15) is 18.1 Å². The second kappa shape index (κ2) is 7.16. The number of nitrogens with zero attached hydrogens (tertiary/aromatic N) is 2. The van der Waals surface area contributed by atoms with Crippen LogP contribution in [0.2, 0.25) is 0 Å². The van der Waals surface area contributed by atoms with Gasteiger partial charge >= 0.3 is 5.69 Å². The average Bonchev–Trinajstić information content (AvgIpc) is 3.04. The molecule has 1 aliphatic rings. The smallest absolute Gasteiger partial charge is 0.333 e. The lowest BCUT2D eigenvalue weighted by Gasteiger charge is -2.31. The third kappa shape index (κ3) is 3.07.